The third-order valence-electron chi connectivity index (χ3n) is 6.03. The first kappa shape index (κ1) is 20.0. The van der Waals surface area contributed by atoms with Gasteiger partial charge in [-0.15, -0.1) is 0 Å². The second kappa shape index (κ2) is 7.83. The lowest BCUT2D eigenvalue weighted by Crippen LogP contribution is -2.50. The fourth-order valence-electron chi connectivity index (χ4n) is 4.19. The van der Waals surface area contributed by atoms with Crippen molar-refractivity contribution in [3.05, 3.63) is 64.1 Å². The maximum atomic E-state index is 12.6. The van der Waals surface area contributed by atoms with Crippen LogP contribution in [0.1, 0.15) is 31.5 Å². The molecule has 0 radical (unpaired) electrons. The van der Waals surface area contributed by atoms with Crippen LogP contribution in [0.5, 0.6) is 5.75 Å². The Morgan fingerprint density at radius 1 is 1.17 bits per heavy atom. The first-order chi connectivity index (χ1) is 14.4. The van der Waals surface area contributed by atoms with E-state index in [1.165, 1.54) is 5.56 Å². The highest BCUT2D eigenvalue weighted by Gasteiger charge is 2.34. The molecular formula is C24H26N4O2. The summed E-state index contributed by atoms with van der Waals surface area (Å²) < 4.78 is 7.87. The Balaban J connectivity index is 1.66. The smallest absolute Gasteiger partial charge is 0.252 e. The molecule has 3 aromatic rings. The molecule has 2 aromatic heterocycles. The lowest BCUT2D eigenvalue weighted by Gasteiger charge is -2.43. The van der Waals surface area contributed by atoms with Crippen LogP contribution in [0.4, 0.5) is 5.69 Å². The Labute approximate surface area is 176 Å². The first-order valence-electron chi connectivity index (χ1n) is 10.3. The number of nitrogens with zero attached hydrogens (tertiary/aromatic N) is 4. The van der Waals surface area contributed by atoms with Gasteiger partial charge in [-0.25, -0.2) is 4.98 Å². The number of pyridine rings is 2. The summed E-state index contributed by atoms with van der Waals surface area (Å²) in [6.07, 6.45) is 0.934. The summed E-state index contributed by atoms with van der Waals surface area (Å²) in [6, 6.07) is 15.5. The number of benzene rings is 1. The van der Waals surface area contributed by atoms with Gasteiger partial charge in [-0.05, 0) is 38.1 Å². The number of nitriles is 1. The van der Waals surface area contributed by atoms with Crippen LogP contribution in [0.2, 0.25) is 0 Å². The zero-order valence-corrected chi connectivity index (χ0v) is 17.8. The van der Waals surface area contributed by atoms with Crippen molar-refractivity contribution in [3.8, 4) is 11.8 Å². The topological polar surface area (TPSA) is 71.2 Å². The zero-order valence-electron chi connectivity index (χ0n) is 17.8. The minimum absolute atomic E-state index is 0.0816. The largest absolute Gasteiger partial charge is 0.490 e. The van der Waals surface area contributed by atoms with Crippen LogP contribution in [0, 0.1) is 24.2 Å². The Kier molecular flexibility index (Phi) is 5.21. The van der Waals surface area contributed by atoms with Crippen molar-refractivity contribution in [1.29, 1.82) is 5.26 Å². The lowest BCUT2D eigenvalue weighted by molar-refractivity contribution is 0.107. The summed E-state index contributed by atoms with van der Waals surface area (Å²) in [7, 11) is 1.73. The predicted molar refractivity (Wildman–Crippen MR) is 118 cm³/mol. The molecule has 6 heteroatoms. The highest BCUT2D eigenvalue weighted by molar-refractivity contribution is 5.88. The summed E-state index contributed by atoms with van der Waals surface area (Å²) in [4.78, 5) is 19.4. The molecule has 0 unspecified atom stereocenters. The van der Waals surface area contributed by atoms with Crippen LogP contribution in [-0.4, -0.2) is 28.2 Å². The predicted octanol–water partition coefficient (Wildman–Crippen LogP) is 3.80. The van der Waals surface area contributed by atoms with Gasteiger partial charge in [0.25, 0.3) is 5.56 Å². The Morgan fingerprint density at radius 2 is 1.90 bits per heavy atom. The van der Waals surface area contributed by atoms with Crippen LogP contribution in [0.15, 0.2) is 47.3 Å². The van der Waals surface area contributed by atoms with Crippen LogP contribution >= 0.6 is 0 Å². The highest BCUT2D eigenvalue weighted by Crippen LogP contribution is 2.33. The van der Waals surface area contributed by atoms with E-state index in [-0.39, 0.29) is 23.6 Å². The van der Waals surface area contributed by atoms with E-state index < -0.39 is 0 Å². The molecule has 1 aromatic carbocycles. The normalized spacial score (nSPS) is 21.4. The quantitative estimate of drug-likeness (QED) is 0.666. The van der Waals surface area contributed by atoms with Crippen LogP contribution < -0.4 is 15.2 Å². The number of anilines is 1. The van der Waals surface area contributed by atoms with E-state index in [0.717, 1.165) is 29.9 Å². The SMILES string of the molecule is Cc1ccc(O[C@@H]2C[C@H](C)N(c3cc(=O)n(C)c4ccc(C#N)nc34)C[C@@H]2C)cc1. The van der Waals surface area contributed by atoms with E-state index in [1.807, 2.05) is 12.1 Å². The van der Waals surface area contributed by atoms with Crippen LogP contribution in [-0.2, 0) is 7.05 Å². The molecule has 0 aliphatic carbocycles. The van der Waals surface area contributed by atoms with Crippen molar-refractivity contribution in [2.45, 2.75) is 39.3 Å². The summed E-state index contributed by atoms with van der Waals surface area (Å²) in [6.45, 7) is 7.13. The van der Waals surface area contributed by atoms with Gasteiger partial charge in [0, 0.05) is 38.0 Å². The Hall–Kier alpha value is -3.33. The molecule has 3 heterocycles. The highest BCUT2D eigenvalue weighted by atomic mass is 16.5. The van der Waals surface area contributed by atoms with Crippen molar-refractivity contribution in [2.24, 2.45) is 13.0 Å². The lowest BCUT2D eigenvalue weighted by atomic mass is 9.91. The number of rotatable bonds is 3. The number of hydrogen-bond donors (Lipinski definition) is 0. The number of hydrogen-bond acceptors (Lipinski definition) is 5. The van der Waals surface area contributed by atoms with Gasteiger partial charge >= 0.3 is 0 Å². The summed E-state index contributed by atoms with van der Waals surface area (Å²) in [5.41, 5.74) is 3.68. The molecule has 0 bridgehead atoms. The van der Waals surface area contributed by atoms with Gasteiger partial charge in [-0.1, -0.05) is 24.6 Å². The molecule has 0 spiro atoms. The van der Waals surface area contributed by atoms with E-state index in [9.17, 15) is 10.1 Å². The minimum Gasteiger partial charge on any atom is -0.490 e. The van der Waals surface area contributed by atoms with Crippen molar-refractivity contribution < 1.29 is 4.74 Å². The van der Waals surface area contributed by atoms with Crippen molar-refractivity contribution in [2.75, 3.05) is 11.4 Å². The zero-order chi connectivity index (χ0) is 21.4. The molecule has 154 valence electrons. The molecule has 1 saturated heterocycles. The molecule has 0 amide bonds. The Morgan fingerprint density at radius 3 is 2.60 bits per heavy atom. The molecule has 1 aliphatic rings. The van der Waals surface area contributed by atoms with E-state index in [2.05, 4.69) is 48.9 Å². The number of aromatic nitrogens is 2. The number of fused-ring (bicyclic) bond motifs is 1. The number of aryl methyl sites for hydroxylation is 2. The van der Waals surface area contributed by atoms with E-state index in [4.69, 9.17) is 4.74 Å². The van der Waals surface area contributed by atoms with Crippen LogP contribution in [0.25, 0.3) is 11.0 Å². The molecule has 4 rings (SSSR count). The molecular weight excluding hydrogens is 376 g/mol. The molecule has 1 aliphatic heterocycles. The van der Waals surface area contributed by atoms with Crippen LogP contribution in [0.3, 0.4) is 0 Å². The molecule has 3 atom stereocenters. The van der Waals surface area contributed by atoms with Crippen molar-refractivity contribution in [1.82, 2.24) is 9.55 Å². The van der Waals surface area contributed by atoms with E-state index in [1.54, 1.807) is 29.8 Å². The van der Waals surface area contributed by atoms with Crippen molar-refractivity contribution >= 4 is 16.7 Å². The average molecular weight is 402 g/mol. The molecule has 1 fully saturated rings. The maximum absolute atomic E-state index is 12.6. The molecule has 0 saturated carbocycles. The standard InChI is InChI=1S/C24H26N4O2/c1-15-5-8-19(9-6-15)30-22-11-17(3)28(14-16(22)2)21-12-23(29)27(4)20-10-7-18(13-25)26-24(20)21/h5-10,12,16-17,22H,11,14H2,1-4H3/t16-,17-,22+/m0/s1. The second-order valence-electron chi connectivity index (χ2n) is 8.29. The summed E-state index contributed by atoms with van der Waals surface area (Å²) >= 11 is 0. The third kappa shape index (κ3) is 3.63. The van der Waals surface area contributed by atoms with Gasteiger partial charge in [0.2, 0.25) is 0 Å². The Bertz CT molecular complexity index is 1180. The molecule has 30 heavy (non-hydrogen) atoms. The number of piperidine rings is 1. The average Bonchev–Trinajstić information content (AvgIpc) is 2.74. The van der Waals surface area contributed by atoms with Crippen molar-refractivity contribution in [3.63, 3.8) is 0 Å². The minimum atomic E-state index is -0.0816. The van der Waals surface area contributed by atoms with E-state index >= 15 is 0 Å². The molecule has 6 nitrogen and oxygen atoms in total. The van der Waals surface area contributed by atoms with E-state index in [0.29, 0.717) is 11.2 Å². The van der Waals surface area contributed by atoms with Gasteiger partial charge in [0.1, 0.15) is 29.1 Å². The fourth-order valence-corrected chi connectivity index (χ4v) is 4.19. The third-order valence-corrected chi connectivity index (χ3v) is 6.03. The monoisotopic (exact) mass is 402 g/mol. The van der Waals surface area contributed by atoms with Gasteiger partial charge in [-0.3, -0.25) is 4.79 Å². The maximum Gasteiger partial charge on any atom is 0.252 e. The fraction of sp³-hybridized carbons (Fsp3) is 0.375. The van der Waals surface area contributed by atoms with Gasteiger partial charge in [0.15, 0.2) is 0 Å². The van der Waals surface area contributed by atoms with Gasteiger partial charge < -0.3 is 14.2 Å². The van der Waals surface area contributed by atoms with Gasteiger partial charge in [0.05, 0.1) is 11.2 Å². The molecule has 0 N–H and O–H groups in total. The van der Waals surface area contributed by atoms with Gasteiger partial charge in [-0.2, -0.15) is 5.26 Å². The second-order valence-corrected chi connectivity index (χ2v) is 8.29. The summed E-state index contributed by atoms with van der Waals surface area (Å²) in [5.74, 6) is 1.15. The first-order valence-corrected chi connectivity index (χ1v) is 10.3. The summed E-state index contributed by atoms with van der Waals surface area (Å²) in [5, 5.41) is 9.30. The number of ether oxygens (including phenoxy) is 1.